The molecule has 0 aromatic heterocycles. The Morgan fingerprint density at radius 2 is 1.88 bits per heavy atom. The van der Waals surface area contributed by atoms with E-state index in [9.17, 15) is 4.79 Å². The van der Waals surface area contributed by atoms with Crippen molar-refractivity contribution in [3.8, 4) is 0 Å². The van der Waals surface area contributed by atoms with E-state index in [0.29, 0.717) is 5.92 Å². The normalized spacial score (nSPS) is 15.7. The number of amidine groups is 1. The minimum absolute atomic E-state index is 0.0584. The average Bonchev–Trinajstić information content (AvgIpc) is 2.26. The van der Waals surface area contributed by atoms with Crippen molar-refractivity contribution < 1.29 is 10.0 Å². The Morgan fingerprint density at radius 3 is 2.35 bits per heavy atom. The number of hydrogen-bond acceptors (Lipinski definition) is 3. The van der Waals surface area contributed by atoms with Crippen LogP contribution in [0.15, 0.2) is 5.16 Å². The molecule has 17 heavy (non-hydrogen) atoms. The first-order valence-electron chi connectivity index (χ1n) is 6.16. The smallest absolute Gasteiger partial charge is 0.230 e. The molecular formula is C12H25N3O2. The van der Waals surface area contributed by atoms with Crippen LogP contribution in [0.1, 0.15) is 47.0 Å². The van der Waals surface area contributed by atoms with Crippen molar-refractivity contribution in [3.63, 3.8) is 0 Å². The highest BCUT2D eigenvalue weighted by molar-refractivity contribution is 6.01. The Balaban J connectivity index is 3.95. The summed E-state index contributed by atoms with van der Waals surface area (Å²) in [5.41, 5.74) is 5.37. The van der Waals surface area contributed by atoms with Gasteiger partial charge < -0.3 is 16.3 Å². The Bertz CT molecular complexity index is 264. The zero-order valence-corrected chi connectivity index (χ0v) is 11.2. The lowest BCUT2D eigenvalue weighted by Gasteiger charge is -2.17. The first kappa shape index (κ1) is 15.7. The molecule has 0 spiro atoms. The molecule has 0 saturated heterocycles. The molecule has 100 valence electrons. The molecular weight excluding hydrogens is 218 g/mol. The number of carbonyl (C=O) groups excluding carboxylic acids is 1. The summed E-state index contributed by atoms with van der Waals surface area (Å²) in [7, 11) is 0. The zero-order valence-electron chi connectivity index (χ0n) is 11.2. The van der Waals surface area contributed by atoms with E-state index < -0.39 is 5.92 Å². The summed E-state index contributed by atoms with van der Waals surface area (Å²) in [5.74, 6) is -0.157. The number of carbonyl (C=O) groups is 1. The summed E-state index contributed by atoms with van der Waals surface area (Å²) >= 11 is 0. The summed E-state index contributed by atoms with van der Waals surface area (Å²) < 4.78 is 0. The largest absolute Gasteiger partial charge is 0.409 e. The van der Waals surface area contributed by atoms with Gasteiger partial charge in [0, 0.05) is 6.04 Å². The summed E-state index contributed by atoms with van der Waals surface area (Å²) in [6, 6.07) is 0.121. The summed E-state index contributed by atoms with van der Waals surface area (Å²) in [5, 5.41) is 14.2. The molecule has 0 saturated carbocycles. The van der Waals surface area contributed by atoms with Crippen LogP contribution in [0.4, 0.5) is 0 Å². The maximum absolute atomic E-state index is 11.7. The zero-order chi connectivity index (χ0) is 13.4. The lowest BCUT2D eigenvalue weighted by Crippen LogP contribution is -2.41. The molecule has 2 atom stereocenters. The molecule has 2 unspecified atom stereocenters. The fraction of sp³-hybridized carbons (Fsp3) is 0.833. The molecule has 0 aromatic carbocycles. The van der Waals surface area contributed by atoms with Crippen molar-refractivity contribution in [2.45, 2.75) is 53.0 Å². The second-order valence-corrected chi connectivity index (χ2v) is 4.98. The van der Waals surface area contributed by atoms with Crippen molar-refractivity contribution >= 4 is 11.7 Å². The second kappa shape index (κ2) is 7.92. The molecule has 0 aliphatic rings. The van der Waals surface area contributed by atoms with Gasteiger partial charge in [-0.3, -0.25) is 4.79 Å². The number of oxime groups is 1. The van der Waals surface area contributed by atoms with Crippen LogP contribution in [0, 0.1) is 11.8 Å². The van der Waals surface area contributed by atoms with E-state index >= 15 is 0 Å². The van der Waals surface area contributed by atoms with Crippen LogP contribution in [0.2, 0.25) is 0 Å². The average molecular weight is 243 g/mol. The van der Waals surface area contributed by atoms with Crippen molar-refractivity contribution in [2.24, 2.45) is 22.7 Å². The number of nitrogens with zero attached hydrogens (tertiary/aromatic N) is 1. The van der Waals surface area contributed by atoms with E-state index in [1.54, 1.807) is 6.92 Å². The first-order chi connectivity index (χ1) is 7.88. The van der Waals surface area contributed by atoms with Gasteiger partial charge in [-0.15, -0.1) is 0 Å². The predicted molar refractivity (Wildman–Crippen MR) is 68.9 cm³/mol. The Hall–Kier alpha value is -1.26. The van der Waals surface area contributed by atoms with Crippen LogP contribution >= 0.6 is 0 Å². The molecule has 0 radical (unpaired) electrons. The molecule has 0 bridgehead atoms. The van der Waals surface area contributed by atoms with Crippen LogP contribution in [0.5, 0.6) is 0 Å². The summed E-state index contributed by atoms with van der Waals surface area (Å²) in [6.07, 6.45) is 3.21. The van der Waals surface area contributed by atoms with Crippen molar-refractivity contribution in [2.75, 3.05) is 0 Å². The van der Waals surface area contributed by atoms with Gasteiger partial charge in [0.05, 0.1) is 5.92 Å². The fourth-order valence-electron chi connectivity index (χ4n) is 1.49. The number of nitrogens with two attached hydrogens (primary N) is 1. The summed E-state index contributed by atoms with van der Waals surface area (Å²) in [4.78, 5) is 11.7. The summed E-state index contributed by atoms with van der Waals surface area (Å²) in [6.45, 7) is 7.95. The van der Waals surface area contributed by atoms with Gasteiger partial charge in [0.25, 0.3) is 0 Å². The van der Waals surface area contributed by atoms with Crippen LogP contribution in [-0.2, 0) is 4.79 Å². The highest BCUT2D eigenvalue weighted by Crippen LogP contribution is 2.08. The minimum atomic E-state index is -0.590. The molecule has 0 fully saturated rings. The number of amides is 1. The van der Waals surface area contributed by atoms with Crippen molar-refractivity contribution in [1.82, 2.24) is 5.32 Å². The van der Waals surface area contributed by atoms with E-state index in [1.165, 1.54) is 0 Å². The highest BCUT2D eigenvalue weighted by atomic mass is 16.4. The van der Waals surface area contributed by atoms with Crippen molar-refractivity contribution in [3.05, 3.63) is 0 Å². The Morgan fingerprint density at radius 1 is 1.29 bits per heavy atom. The van der Waals surface area contributed by atoms with E-state index in [4.69, 9.17) is 10.9 Å². The maximum Gasteiger partial charge on any atom is 0.230 e. The first-order valence-corrected chi connectivity index (χ1v) is 6.16. The van der Waals surface area contributed by atoms with E-state index in [1.807, 2.05) is 6.92 Å². The molecule has 1 amide bonds. The quantitative estimate of drug-likeness (QED) is 0.275. The number of rotatable bonds is 7. The van der Waals surface area contributed by atoms with Gasteiger partial charge in [-0.25, -0.2) is 0 Å². The van der Waals surface area contributed by atoms with Gasteiger partial charge in [0.1, 0.15) is 0 Å². The van der Waals surface area contributed by atoms with Crippen LogP contribution in [0.25, 0.3) is 0 Å². The third kappa shape index (κ3) is 6.81. The minimum Gasteiger partial charge on any atom is -0.409 e. The van der Waals surface area contributed by atoms with E-state index in [2.05, 4.69) is 24.3 Å². The third-order valence-electron chi connectivity index (χ3n) is 2.76. The molecule has 0 aliphatic heterocycles. The van der Waals surface area contributed by atoms with Gasteiger partial charge in [-0.05, 0) is 26.2 Å². The maximum atomic E-state index is 11.7. The van der Waals surface area contributed by atoms with Crippen LogP contribution in [0.3, 0.4) is 0 Å². The molecule has 0 rings (SSSR count). The van der Waals surface area contributed by atoms with Crippen LogP contribution < -0.4 is 11.1 Å². The molecule has 0 heterocycles. The van der Waals surface area contributed by atoms with Gasteiger partial charge in [-0.2, -0.15) is 0 Å². The fourth-order valence-corrected chi connectivity index (χ4v) is 1.49. The van der Waals surface area contributed by atoms with Crippen LogP contribution in [-0.4, -0.2) is 23.0 Å². The molecule has 4 N–H and O–H groups in total. The Labute approximate surface area is 103 Å². The monoisotopic (exact) mass is 243 g/mol. The second-order valence-electron chi connectivity index (χ2n) is 4.98. The van der Waals surface area contributed by atoms with E-state index in [-0.39, 0.29) is 17.8 Å². The van der Waals surface area contributed by atoms with Gasteiger partial charge in [0.15, 0.2) is 5.84 Å². The lowest BCUT2D eigenvalue weighted by molar-refractivity contribution is -0.123. The molecule has 5 nitrogen and oxygen atoms in total. The highest BCUT2D eigenvalue weighted by Gasteiger charge is 2.18. The SMILES string of the molecule is CC(C)CCCC(C)NC(=O)C(C)C(N)=NO. The van der Waals surface area contributed by atoms with Crippen molar-refractivity contribution in [1.29, 1.82) is 0 Å². The van der Waals surface area contributed by atoms with E-state index in [0.717, 1.165) is 19.3 Å². The molecule has 0 aliphatic carbocycles. The van der Waals surface area contributed by atoms with Gasteiger partial charge in [-0.1, -0.05) is 31.8 Å². The molecule has 5 heteroatoms. The van der Waals surface area contributed by atoms with Gasteiger partial charge in [0.2, 0.25) is 5.91 Å². The third-order valence-corrected chi connectivity index (χ3v) is 2.76. The lowest BCUT2D eigenvalue weighted by atomic mass is 10.0. The molecule has 0 aromatic rings. The van der Waals surface area contributed by atoms with Gasteiger partial charge >= 0.3 is 0 Å². The standard InChI is InChI=1S/C12H25N3O2/c1-8(2)6-5-7-9(3)14-12(16)10(4)11(13)15-17/h8-10,17H,5-7H2,1-4H3,(H2,13,15)(H,14,16). The predicted octanol–water partition coefficient (Wildman–Crippen LogP) is 1.70. The Kier molecular flexibility index (Phi) is 7.34. The topological polar surface area (TPSA) is 87.7 Å². The number of nitrogens with one attached hydrogen (secondary N) is 1. The number of hydrogen-bond donors (Lipinski definition) is 3.